The SMILES string of the molecule is C=C(C1=CCB(O)OC1CC/C(=C/c1cc(C)c(O)c(C)c1)CC)C(C)C. The van der Waals surface area contributed by atoms with E-state index in [1.165, 1.54) is 5.57 Å². The van der Waals surface area contributed by atoms with Crippen LogP contribution in [0.15, 0.2) is 41.5 Å². The fourth-order valence-corrected chi connectivity index (χ4v) is 3.55. The van der Waals surface area contributed by atoms with E-state index in [1.807, 2.05) is 26.0 Å². The minimum absolute atomic E-state index is 0.109. The fraction of sp³-hybridized carbons (Fsp3) is 0.478. The molecule has 4 heteroatoms. The van der Waals surface area contributed by atoms with Gasteiger partial charge in [-0.2, -0.15) is 0 Å². The summed E-state index contributed by atoms with van der Waals surface area (Å²) < 4.78 is 5.84. The number of phenolic OH excluding ortho intramolecular Hbond substituents is 1. The minimum Gasteiger partial charge on any atom is -0.507 e. The Morgan fingerprint density at radius 2 is 1.96 bits per heavy atom. The Kier molecular flexibility index (Phi) is 7.52. The van der Waals surface area contributed by atoms with E-state index in [-0.39, 0.29) is 6.10 Å². The van der Waals surface area contributed by atoms with E-state index in [4.69, 9.17) is 4.65 Å². The van der Waals surface area contributed by atoms with Crippen LogP contribution >= 0.6 is 0 Å². The first-order valence-corrected chi connectivity index (χ1v) is 9.95. The van der Waals surface area contributed by atoms with E-state index in [2.05, 4.69) is 39.5 Å². The molecule has 1 atom stereocenters. The number of hydrogen-bond donors (Lipinski definition) is 2. The third-order valence-electron chi connectivity index (χ3n) is 5.34. The Hall–Kier alpha value is -1.78. The number of benzene rings is 1. The van der Waals surface area contributed by atoms with Crippen molar-refractivity contribution in [2.75, 3.05) is 0 Å². The van der Waals surface area contributed by atoms with Crippen LogP contribution in [0.3, 0.4) is 0 Å². The summed E-state index contributed by atoms with van der Waals surface area (Å²) in [5.74, 6) is 0.735. The van der Waals surface area contributed by atoms with E-state index >= 15 is 0 Å². The zero-order valence-electron chi connectivity index (χ0n) is 17.4. The van der Waals surface area contributed by atoms with Crippen LogP contribution in [0.25, 0.3) is 6.08 Å². The smallest absolute Gasteiger partial charge is 0.458 e. The monoisotopic (exact) mass is 368 g/mol. The molecular weight excluding hydrogens is 335 g/mol. The predicted octanol–water partition coefficient (Wildman–Crippen LogP) is 5.60. The molecule has 1 heterocycles. The fourth-order valence-electron chi connectivity index (χ4n) is 3.55. The van der Waals surface area contributed by atoms with Gasteiger partial charge in [-0.25, -0.2) is 0 Å². The summed E-state index contributed by atoms with van der Waals surface area (Å²) in [5, 5.41) is 19.9. The van der Waals surface area contributed by atoms with Crippen molar-refractivity contribution < 1.29 is 14.8 Å². The summed E-state index contributed by atoms with van der Waals surface area (Å²) in [7, 11) is -0.727. The maximum absolute atomic E-state index is 9.97. The van der Waals surface area contributed by atoms with Crippen LogP contribution in [0.4, 0.5) is 0 Å². The molecule has 2 rings (SSSR count). The zero-order chi connectivity index (χ0) is 20.1. The number of allylic oxidation sites excluding steroid dienone is 2. The lowest BCUT2D eigenvalue weighted by Gasteiger charge is -2.29. The van der Waals surface area contributed by atoms with Gasteiger partial charge >= 0.3 is 7.12 Å². The Balaban J connectivity index is 2.15. The third-order valence-corrected chi connectivity index (χ3v) is 5.34. The first kappa shape index (κ1) is 21.5. The highest BCUT2D eigenvalue weighted by molar-refractivity contribution is 6.43. The summed E-state index contributed by atoms with van der Waals surface area (Å²) in [4.78, 5) is 0. The number of hydrogen-bond acceptors (Lipinski definition) is 3. The molecule has 0 spiro atoms. The van der Waals surface area contributed by atoms with E-state index in [0.29, 0.717) is 18.0 Å². The van der Waals surface area contributed by atoms with Gasteiger partial charge < -0.3 is 14.8 Å². The molecule has 0 radical (unpaired) electrons. The van der Waals surface area contributed by atoms with E-state index in [1.54, 1.807) is 0 Å². The predicted molar refractivity (Wildman–Crippen MR) is 115 cm³/mol. The maximum Gasteiger partial charge on any atom is 0.458 e. The van der Waals surface area contributed by atoms with Gasteiger partial charge in [-0.05, 0) is 79.0 Å². The lowest BCUT2D eigenvalue weighted by atomic mass is 9.76. The second kappa shape index (κ2) is 9.43. The molecule has 1 aliphatic rings. The first-order chi connectivity index (χ1) is 12.7. The van der Waals surface area contributed by atoms with Crippen molar-refractivity contribution in [1.29, 1.82) is 0 Å². The summed E-state index contributed by atoms with van der Waals surface area (Å²) in [5.41, 5.74) is 6.48. The van der Waals surface area contributed by atoms with Gasteiger partial charge in [-0.1, -0.05) is 45.1 Å². The van der Waals surface area contributed by atoms with Crippen LogP contribution in [0, 0.1) is 19.8 Å². The van der Waals surface area contributed by atoms with Crippen molar-refractivity contribution >= 4 is 13.2 Å². The molecule has 1 aromatic carbocycles. The molecule has 0 amide bonds. The van der Waals surface area contributed by atoms with Crippen LogP contribution in [0.2, 0.25) is 6.32 Å². The number of phenols is 1. The molecule has 27 heavy (non-hydrogen) atoms. The second-order valence-corrected chi connectivity index (χ2v) is 7.85. The van der Waals surface area contributed by atoms with E-state index in [0.717, 1.165) is 47.1 Å². The summed E-state index contributed by atoms with van der Waals surface area (Å²) >= 11 is 0. The average molecular weight is 368 g/mol. The van der Waals surface area contributed by atoms with Gasteiger partial charge in [0.1, 0.15) is 5.75 Å². The molecule has 0 aliphatic carbocycles. The van der Waals surface area contributed by atoms with Crippen molar-refractivity contribution in [3.8, 4) is 5.75 Å². The summed E-state index contributed by atoms with van der Waals surface area (Å²) in [6.07, 6.45) is 7.39. The van der Waals surface area contributed by atoms with Crippen molar-refractivity contribution in [2.24, 2.45) is 5.92 Å². The summed E-state index contributed by atoms with van der Waals surface area (Å²) in [6, 6.07) is 4.04. The lowest BCUT2D eigenvalue weighted by molar-refractivity contribution is 0.182. The number of aromatic hydroxyl groups is 1. The Bertz CT molecular complexity index is 723. The van der Waals surface area contributed by atoms with Gasteiger partial charge in [-0.3, -0.25) is 0 Å². The Morgan fingerprint density at radius 1 is 1.33 bits per heavy atom. The number of rotatable bonds is 7. The van der Waals surface area contributed by atoms with Crippen LogP contribution in [-0.4, -0.2) is 23.4 Å². The quantitative estimate of drug-likeness (QED) is 0.616. The van der Waals surface area contributed by atoms with Crippen LogP contribution < -0.4 is 0 Å². The van der Waals surface area contributed by atoms with Gasteiger partial charge in [0.2, 0.25) is 0 Å². The second-order valence-electron chi connectivity index (χ2n) is 7.85. The molecule has 3 nitrogen and oxygen atoms in total. The lowest BCUT2D eigenvalue weighted by Crippen LogP contribution is -2.32. The maximum atomic E-state index is 9.97. The molecule has 1 unspecified atom stereocenters. The van der Waals surface area contributed by atoms with Crippen molar-refractivity contribution in [3.05, 3.63) is 58.2 Å². The highest BCUT2D eigenvalue weighted by atomic mass is 16.5. The molecule has 0 aromatic heterocycles. The van der Waals surface area contributed by atoms with E-state index < -0.39 is 7.12 Å². The molecule has 1 aromatic rings. The number of aryl methyl sites for hydroxylation is 2. The molecule has 2 N–H and O–H groups in total. The van der Waals surface area contributed by atoms with Crippen LogP contribution in [0.1, 0.15) is 56.7 Å². The topological polar surface area (TPSA) is 49.7 Å². The van der Waals surface area contributed by atoms with Crippen molar-refractivity contribution in [1.82, 2.24) is 0 Å². The molecule has 0 saturated carbocycles. The molecule has 146 valence electrons. The van der Waals surface area contributed by atoms with Gasteiger partial charge in [0, 0.05) is 6.32 Å². The van der Waals surface area contributed by atoms with Gasteiger partial charge in [0.05, 0.1) is 6.10 Å². The Morgan fingerprint density at radius 3 is 2.52 bits per heavy atom. The molecule has 1 aliphatic heterocycles. The van der Waals surface area contributed by atoms with Crippen molar-refractivity contribution in [2.45, 2.75) is 66.3 Å². The summed E-state index contributed by atoms with van der Waals surface area (Å²) in [6.45, 7) is 14.5. The highest BCUT2D eigenvalue weighted by Crippen LogP contribution is 2.31. The highest BCUT2D eigenvalue weighted by Gasteiger charge is 2.28. The third kappa shape index (κ3) is 5.60. The van der Waals surface area contributed by atoms with Gasteiger partial charge in [-0.15, -0.1) is 0 Å². The standard InChI is InChI=1S/C23H33BO3/c1-7-19(14-20-12-16(4)23(25)17(5)13-20)8-9-22-21(18(6)15(2)3)10-11-24(26)27-22/h10,12-15,22,25-26H,6-9,11H2,1-5H3/b19-14+. The van der Waals surface area contributed by atoms with Gasteiger partial charge in [0.15, 0.2) is 0 Å². The largest absolute Gasteiger partial charge is 0.507 e. The van der Waals surface area contributed by atoms with Crippen molar-refractivity contribution in [3.63, 3.8) is 0 Å². The molecule has 0 fully saturated rings. The van der Waals surface area contributed by atoms with Gasteiger partial charge in [0.25, 0.3) is 0 Å². The van der Waals surface area contributed by atoms with Crippen LogP contribution in [-0.2, 0) is 4.65 Å². The normalized spacial score (nSPS) is 18.0. The minimum atomic E-state index is -0.727. The molecule has 0 bridgehead atoms. The Labute approximate surface area is 164 Å². The molecular formula is C23H33BO3. The molecule has 0 saturated heterocycles. The average Bonchev–Trinajstić information content (AvgIpc) is 2.62. The zero-order valence-corrected chi connectivity index (χ0v) is 17.4. The van der Waals surface area contributed by atoms with Crippen LogP contribution in [0.5, 0.6) is 5.75 Å². The van der Waals surface area contributed by atoms with E-state index in [9.17, 15) is 10.1 Å². The first-order valence-electron chi connectivity index (χ1n) is 9.95.